The summed E-state index contributed by atoms with van der Waals surface area (Å²) in [4.78, 5) is 35.7. The predicted octanol–water partition coefficient (Wildman–Crippen LogP) is 4.23. The van der Waals surface area contributed by atoms with E-state index in [2.05, 4.69) is 15.3 Å². The second-order valence-corrected chi connectivity index (χ2v) is 9.26. The van der Waals surface area contributed by atoms with Crippen LogP contribution in [0.3, 0.4) is 0 Å². The number of nitrogens with zero attached hydrogens (tertiary/aromatic N) is 3. The van der Waals surface area contributed by atoms with Crippen LogP contribution in [0.15, 0.2) is 64.6 Å². The number of carbonyl (C=O) groups excluding carboxylic acids is 2. The number of aliphatic imine (C=N–C) groups is 1. The molecule has 0 aliphatic carbocycles. The third kappa shape index (κ3) is 4.44. The van der Waals surface area contributed by atoms with Crippen molar-refractivity contribution in [2.45, 2.75) is 18.9 Å². The van der Waals surface area contributed by atoms with Crippen molar-refractivity contribution in [1.29, 1.82) is 0 Å². The molecule has 9 heteroatoms. The molecule has 2 amide bonds. The third-order valence-corrected chi connectivity index (χ3v) is 6.87. The topological polar surface area (TPSA) is 101 Å². The minimum Gasteiger partial charge on any atom is -0.368 e. The number of amides is 2. The van der Waals surface area contributed by atoms with E-state index in [-0.39, 0.29) is 17.9 Å². The number of hydrogen-bond donors (Lipinski definition) is 2. The smallest absolute Gasteiger partial charge is 0.264 e. The van der Waals surface area contributed by atoms with Crippen LogP contribution in [0.1, 0.15) is 18.4 Å². The van der Waals surface area contributed by atoms with Crippen LogP contribution in [0.5, 0.6) is 0 Å². The van der Waals surface area contributed by atoms with E-state index < -0.39 is 0 Å². The second kappa shape index (κ2) is 8.88. The minimum atomic E-state index is -0.340. The first-order chi connectivity index (χ1) is 16.0. The summed E-state index contributed by atoms with van der Waals surface area (Å²) in [5.41, 5.74) is 8.71. The number of anilines is 1. The molecule has 7 nitrogen and oxygen atoms in total. The number of nitrogens with one attached hydrogen (secondary N) is 1. The lowest BCUT2D eigenvalue weighted by Crippen LogP contribution is -2.40. The summed E-state index contributed by atoms with van der Waals surface area (Å²) >= 11 is 7.63. The van der Waals surface area contributed by atoms with Crippen LogP contribution >= 0.6 is 23.4 Å². The highest BCUT2D eigenvalue weighted by atomic mass is 35.5. The summed E-state index contributed by atoms with van der Waals surface area (Å²) in [5.74, 6) is -0.557. The van der Waals surface area contributed by atoms with Gasteiger partial charge in [0.2, 0.25) is 5.91 Å². The summed E-state index contributed by atoms with van der Waals surface area (Å²) in [6, 6.07) is 14.8. The first kappa shape index (κ1) is 21.5. The van der Waals surface area contributed by atoms with Crippen LogP contribution in [-0.4, -0.2) is 34.6 Å². The van der Waals surface area contributed by atoms with Gasteiger partial charge < -0.3 is 16.0 Å². The minimum absolute atomic E-state index is 0.217. The molecule has 2 aliphatic rings. The largest absolute Gasteiger partial charge is 0.368 e. The highest BCUT2D eigenvalue weighted by Gasteiger charge is 2.30. The number of aromatic nitrogens is 1. The monoisotopic (exact) mass is 477 g/mol. The number of hydrogen-bond acceptors (Lipinski definition) is 6. The number of carbonyl (C=O) groups is 2. The maximum Gasteiger partial charge on any atom is 0.264 e. The number of benzene rings is 2. The molecule has 0 unspecified atom stereocenters. The maximum atomic E-state index is 12.5. The first-order valence-electron chi connectivity index (χ1n) is 10.5. The Balaban J connectivity index is 1.40. The fourth-order valence-corrected chi connectivity index (χ4v) is 5.06. The number of fused-ring (bicyclic) bond motifs is 1. The number of pyridine rings is 1. The summed E-state index contributed by atoms with van der Waals surface area (Å²) in [6.45, 7) is 0.741. The highest BCUT2D eigenvalue weighted by molar-refractivity contribution is 8.18. The SMILES string of the molecule is NC(=O)[C@@H]1CCCN1c1ccc(Cl)c(N=C2NC(=O)/C(=C/c3ccc4ncccc4c3)S2)c1. The highest BCUT2D eigenvalue weighted by Crippen LogP contribution is 2.35. The molecule has 2 aromatic carbocycles. The van der Waals surface area contributed by atoms with E-state index in [0.717, 1.165) is 41.5 Å². The van der Waals surface area contributed by atoms with Crippen LogP contribution < -0.4 is 16.0 Å². The Kier molecular flexibility index (Phi) is 5.78. The van der Waals surface area contributed by atoms with E-state index in [9.17, 15) is 9.59 Å². The summed E-state index contributed by atoms with van der Waals surface area (Å²) in [7, 11) is 0. The summed E-state index contributed by atoms with van der Waals surface area (Å²) in [6.07, 6.45) is 5.20. The van der Waals surface area contributed by atoms with Crippen LogP contribution in [-0.2, 0) is 9.59 Å². The Morgan fingerprint density at radius 2 is 2.15 bits per heavy atom. The standard InChI is InChI=1S/C24H20ClN5O2S/c25-17-7-6-16(30-10-2-4-20(30)22(26)31)13-19(17)28-24-29-23(32)21(33-24)12-14-5-8-18-15(11-14)3-1-9-27-18/h1,3,5-9,11-13,20H,2,4,10H2,(H2,26,31)(H,28,29,32)/b21-12-/t20-/m0/s1. The molecule has 0 saturated carbocycles. The zero-order chi connectivity index (χ0) is 22.9. The van der Waals surface area contributed by atoms with Gasteiger partial charge in [-0.15, -0.1) is 0 Å². The van der Waals surface area contributed by atoms with E-state index >= 15 is 0 Å². The van der Waals surface area contributed by atoms with Gasteiger partial charge in [0.05, 0.1) is 21.1 Å². The molecule has 2 saturated heterocycles. The van der Waals surface area contributed by atoms with Gasteiger partial charge in [0.1, 0.15) is 6.04 Å². The molecule has 0 bridgehead atoms. The van der Waals surface area contributed by atoms with Crippen molar-refractivity contribution in [1.82, 2.24) is 10.3 Å². The van der Waals surface area contributed by atoms with Crippen LogP contribution in [0, 0.1) is 0 Å². The van der Waals surface area contributed by atoms with E-state index in [1.54, 1.807) is 12.3 Å². The number of halogens is 1. The van der Waals surface area contributed by atoms with Crippen LogP contribution in [0.25, 0.3) is 17.0 Å². The lowest BCUT2D eigenvalue weighted by molar-refractivity contribution is -0.119. The van der Waals surface area contributed by atoms with Crippen molar-refractivity contribution in [3.8, 4) is 0 Å². The Morgan fingerprint density at radius 1 is 1.27 bits per heavy atom. The van der Waals surface area contributed by atoms with Crippen molar-refractivity contribution in [3.05, 3.63) is 70.2 Å². The van der Waals surface area contributed by atoms with Gasteiger partial charge in [-0.1, -0.05) is 23.7 Å². The molecule has 33 heavy (non-hydrogen) atoms. The van der Waals surface area contributed by atoms with Crippen molar-refractivity contribution in [3.63, 3.8) is 0 Å². The Labute approximate surface area is 199 Å². The van der Waals surface area contributed by atoms with Gasteiger partial charge in [-0.05, 0) is 72.6 Å². The third-order valence-electron chi connectivity index (χ3n) is 5.64. The first-order valence-corrected chi connectivity index (χ1v) is 11.7. The average Bonchev–Trinajstić information content (AvgIpc) is 3.42. The molecule has 1 aromatic heterocycles. The Hall–Kier alpha value is -3.36. The number of thioether (sulfide) groups is 1. The number of primary amides is 1. The van der Waals surface area contributed by atoms with Gasteiger partial charge in [0, 0.05) is 23.8 Å². The summed E-state index contributed by atoms with van der Waals surface area (Å²) in [5, 5.41) is 4.70. The zero-order valence-corrected chi connectivity index (χ0v) is 19.1. The zero-order valence-electron chi connectivity index (χ0n) is 17.5. The van der Waals surface area contributed by atoms with E-state index in [4.69, 9.17) is 17.3 Å². The fraction of sp³-hybridized carbons (Fsp3) is 0.167. The molecule has 3 N–H and O–H groups in total. The molecule has 0 radical (unpaired) electrons. The van der Waals surface area contributed by atoms with Gasteiger partial charge in [-0.2, -0.15) is 0 Å². The Bertz CT molecular complexity index is 1340. The van der Waals surface area contributed by atoms with Crippen LogP contribution in [0.4, 0.5) is 11.4 Å². The molecule has 0 spiro atoms. The molecule has 3 heterocycles. The fourth-order valence-electron chi connectivity index (χ4n) is 4.06. The average molecular weight is 478 g/mol. The Morgan fingerprint density at radius 3 is 3.00 bits per heavy atom. The summed E-state index contributed by atoms with van der Waals surface area (Å²) < 4.78 is 0. The van der Waals surface area contributed by atoms with Crippen molar-refractivity contribution < 1.29 is 9.59 Å². The molecule has 5 rings (SSSR count). The lowest BCUT2D eigenvalue weighted by Gasteiger charge is -2.24. The molecular formula is C24H20ClN5O2S. The molecule has 1 atom stereocenters. The van der Waals surface area contributed by atoms with Crippen molar-refractivity contribution in [2.75, 3.05) is 11.4 Å². The number of amidine groups is 1. The molecule has 2 fully saturated rings. The molecule has 166 valence electrons. The van der Waals surface area contributed by atoms with Gasteiger partial charge >= 0.3 is 0 Å². The van der Waals surface area contributed by atoms with E-state index in [1.165, 1.54) is 11.8 Å². The van der Waals surface area contributed by atoms with Gasteiger partial charge in [0.25, 0.3) is 5.91 Å². The lowest BCUT2D eigenvalue weighted by atomic mass is 10.1. The molecular weight excluding hydrogens is 458 g/mol. The van der Waals surface area contributed by atoms with Gasteiger partial charge in [-0.25, -0.2) is 4.99 Å². The van der Waals surface area contributed by atoms with Gasteiger partial charge in [0.15, 0.2) is 5.17 Å². The van der Waals surface area contributed by atoms with Gasteiger partial charge in [-0.3, -0.25) is 14.6 Å². The second-order valence-electron chi connectivity index (χ2n) is 7.83. The van der Waals surface area contributed by atoms with Crippen LogP contribution in [0.2, 0.25) is 5.02 Å². The molecule has 2 aliphatic heterocycles. The van der Waals surface area contributed by atoms with E-state index in [1.807, 2.05) is 53.4 Å². The van der Waals surface area contributed by atoms with E-state index in [0.29, 0.717) is 20.8 Å². The predicted molar refractivity (Wildman–Crippen MR) is 134 cm³/mol. The van der Waals surface area contributed by atoms with Crippen molar-refractivity contribution >= 4 is 68.7 Å². The quantitative estimate of drug-likeness (QED) is 0.547. The van der Waals surface area contributed by atoms with Crippen molar-refractivity contribution in [2.24, 2.45) is 10.7 Å². The normalized spacial score (nSPS) is 20.7. The number of nitrogens with two attached hydrogens (primary N) is 1. The number of rotatable bonds is 4. The maximum absolute atomic E-state index is 12.5. The molecule has 3 aromatic rings.